The van der Waals surface area contributed by atoms with Crippen LogP contribution in [0.1, 0.15) is 29.8 Å². The number of nitrogens with one attached hydrogen (secondary N) is 2. The maximum Gasteiger partial charge on any atom is 0.269 e. The molecule has 3 heterocycles. The second-order valence-electron chi connectivity index (χ2n) is 5.80. The third-order valence-electron chi connectivity index (χ3n) is 4.28. The lowest BCUT2D eigenvalue weighted by molar-refractivity contribution is 0.0847. The van der Waals surface area contributed by atoms with Crippen molar-refractivity contribution in [1.82, 2.24) is 20.4 Å². The quantitative estimate of drug-likeness (QED) is 0.751. The number of carbonyl (C=O) groups is 1. The number of thiophene rings is 1. The van der Waals surface area contributed by atoms with E-state index in [1.807, 2.05) is 16.8 Å². The summed E-state index contributed by atoms with van der Waals surface area (Å²) in [6.45, 7) is 2.52. The van der Waals surface area contributed by atoms with Crippen LogP contribution >= 0.6 is 11.3 Å². The number of piperidine rings is 1. The predicted octanol–water partition coefficient (Wildman–Crippen LogP) is 1.71. The highest BCUT2D eigenvalue weighted by Crippen LogP contribution is 2.20. The normalized spacial score (nSPS) is 18.9. The Morgan fingerprint density at radius 2 is 2.43 bits per heavy atom. The number of aromatic nitrogens is 2. The molecule has 124 valence electrons. The Labute approximate surface area is 139 Å². The van der Waals surface area contributed by atoms with Gasteiger partial charge < -0.3 is 10.4 Å². The predicted molar refractivity (Wildman–Crippen MR) is 90.5 cm³/mol. The minimum absolute atomic E-state index is 0.142. The van der Waals surface area contributed by atoms with Crippen molar-refractivity contribution < 1.29 is 9.90 Å². The number of aliphatic hydroxyl groups excluding tert-OH is 1. The summed E-state index contributed by atoms with van der Waals surface area (Å²) in [7, 11) is 0. The molecule has 0 saturated carbocycles. The largest absolute Gasteiger partial charge is 0.395 e. The van der Waals surface area contributed by atoms with Gasteiger partial charge in [-0.15, -0.1) is 0 Å². The van der Waals surface area contributed by atoms with Crippen molar-refractivity contribution in [3.05, 3.63) is 28.6 Å². The fraction of sp³-hybridized carbons (Fsp3) is 0.500. The molecule has 3 N–H and O–H groups in total. The van der Waals surface area contributed by atoms with Gasteiger partial charge in [-0.2, -0.15) is 16.4 Å². The van der Waals surface area contributed by atoms with Gasteiger partial charge in [-0.1, -0.05) is 6.42 Å². The van der Waals surface area contributed by atoms with Crippen LogP contribution in [0, 0.1) is 0 Å². The molecular weight excluding hydrogens is 312 g/mol. The van der Waals surface area contributed by atoms with Crippen molar-refractivity contribution in [2.45, 2.75) is 25.3 Å². The van der Waals surface area contributed by atoms with Crippen molar-refractivity contribution in [1.29, 1.82) is 0 Å². The summed E-state index contributed by atoms with van der Waals surface area (Å²) in [4.78, 5) is 14.4. The van der Waals surface area contributed by atoms with Crippen LogP contribution in [0.5, 0.6) is 0 Å². The Balaban J connectivity index is 1.49. The van der Waals surface area contributed by atoms with Crippen molar-refractivity contribution in [2.24, 2.45) is 0 Å². The molecule has 2 aromatic heterocycles. The molecule has 1 atom stereocenters. The summed E-state index contributed by atoms with van der Waals surface area (Å²) in [5, 5.41) is 23.3. The number of H-pyrrole nitrogens is 1. The van der Waals surface area contributed by atoms with E-state index in [-0.39, 0.29) is 18.6 Å². The highest BCUT2D eigenvalue weighted by Gasteiger charge is 2.21. The number of hydrogen-bond donors (Lipinski definition) is 3. The first-order chi connectivity index (χ1) is 11.3. The van der Waals surface area contributed by atoms with Crippen molar-refractivity contribution in [2.75, 3.05) is 26.2 Å². The highest BCUT2D eigenvalue weighted by atomic mass is 32.1. The number of carbonyl (C=O) groups excluding carboxylic acids is 1. The summed E-state index contributed by atoms with van der Waals surface area (Å²) < 4.78 is 0. The average molecular weight is 334 g/mol. The molecule has 1 unspecified atom stereocenters. The van der Waals surface area contributed by atoms with Crippen molar-refractivity contribution >= 4 is 17.2 Å². The average Bonchev–Trinajstić information content (AvgIpc) is 3.26. The number of hydrogen-bond acceptors (Lipinski definition) is 5. The zero-order valence-electron chi connectivity index (χ0n) is 13.0. The molecule has 23 heavy (non-hydrogen) atoms. The molecule has 0 radical (unpaired) electrons. The second-order valence-corrected chi connectivity index (χ2v) is 6.58. The molecule has 0 aliphatic carbocycles. The molecule has 0 spiro atoms. The molecule has 1 amide bonds. The van der Waals surface area contributed by atoms with Gasteiger partial charge in [0, 0.05) is 30.1 Å². The minimum Gasteiger partial charge on any atom is -0.395 e. The van der Waals surface area contributed by atoms with E-state index in [1.165, 1.54) is 6.42 Å². The van der Waals surface area contributed by atoms with Gasteiger partial charge in [0.2, 0.25) is 0 Å². The lowest BCUT2D eigenvalue weighted by Gasteiger charge is -2.34. The van der Waals surface area contributed by atoms with E-state index >= 15 is 0 Å². The lowest BCUT2D eigenvalue weighted by Crippen LogP contribution is -2.45. The van der Waals surface area contributed by atoms with E-state index in [0.29, 0.717) is 12.2 Å². The monoisotopic (exact) mass is 334 g/mol. The van der Waals surface area contributed by atoms with Gasteiger partial charge in [0.25, 0.3) is 5.91 Å². The molecule has 7 heteroatoms. The Hall–Kier alpha value is -1.70. The smallest absolute Gasteiger partial charge is 0.269 e. The minimum atomic E-state index is -0.142. The standard InChI is InChI=1S/C16H22N4O2S/c21-10-13-3-1-2-6-20(13)7-5-17-16(22)15-9-14(18-19-15)12-4-8-23-11-12/h4,8-9,11,13,21H,1-3,5-7,10H2,(H,17,22)(H,18,19). The first kappa shape index (κ1) is 16.2. The Kier molecular flexibility index (Phi) is 5.43. The number of likely N-dealkylation sites (tertiary alicyclic amines) is 1. The SMILES string of the molecule is O=C(NCCN1CCCCC1CO)c1cc(-c2ccsc2)n[nH]1. The number of aliphatic hydroxyl groups is 1. The van der Waals surface area contributed by atoms with E-state index in [1.54, 1.807) is 17.4 Å². The number of amides is 1. The van der Waals surface area contributed by atoms with Gasteiger partial charge in [-0.05, 0) is 36.9 Å². The van der Waals surface area contributed by atoms with Crippen LogP contribution in [0.25, 0.3) is 11.3 Å². The van der Waals surface area contributed by atoms with Gasteiger partial charge in [-0.3, -0.25) is 14.8 Å². The molecule has 6 nitrogen and oxygen atoms in total. The highest BCUT2D eigenvalue weighted by molar-refractivity contribution is 7.08. The molecule has 1 saturated heterocycles. The van der Waals surface area contributed by atoms with Crippen molar-refractivity contribution in [3.63, 3.8) is 0 Å². The van der Waals surface area contributed by atoms with Gasteiger partial charge in [-0.25, -0.2) is 0 Å². The van der Waals surface area contributed by atoms with Gasteiger partial charge in [0.05, 0.1) is 12.3 Å². The zero-order valence-corrected chi connectivity index (χ0v) is 13.8. The van der Waals surface area contributed by atoms with E-state index in [9.17, 15) is 9.90 Å². The summed E-state index contributed by atoms with van der Waals surface area (Å²) >= 11 is 1.60. The number of nitrogens with zero attached hydrogens (tertiary/aromatic N) is 2. The van der Waals surface area contributed by atoms with Crippen molar-refractivity contribution in [3.8, 4) is 11.3 Å². The third-order valence-corrected chi connectivity index (χ3v) is 4.97. The molecule has 2 aromatic rings. The third kappa shape index (κ3) is 3.99. The summed E-state index contributed by atoms with van der Waals surface area (Å²) in [6, 6.07) is 3.99. The van der Waals surface area contributed by atoms with Crippen LogP contribution in [0.4, 0.5) is 0 Å². The fourth-order valence-electron chi connectivity index (χ4n) is 2.97. The molecular formula is C16H22N4O2S. The topological polar surface area (TPSA) is 81.2 Å². The zero-order chi connectivity index (χ0) is 16.1. The summed E-state index contributed by atoms with van der Waals surface area (Å²) in [5.74, 6) is -0.142. The summed E-state index contributed by atoms with van der Waals surface area (Å²) in [6.07, 6.45) is 3.37. The van der Waals surface area contributed by atoms with Crippen LogP contribution in [0.15, 0.2) is 22.9 Å². The molecule has 1 fully saturated rings. The first-order valence-electron chi connectivity index (χ1n) is 7.99. The van der Waals surface area contributed by atoms with Crippen LogP contribution < -0.4 is 5.32 Å². The lowest BCUT2D eigenvalue weighted by atomic mass is 10.0. The number of aromatic amines is 1. The van der Waals surface area contributed by atoms with Gasteiger partial charge in [0.15, 0.2) is 0 Å². The number of rotatable bonds is 6. The maximum absolute atomic E-state index is 12.2. The summed E-state index contributed by atoms with van der Waals surface area (Å²) in [5.41, 5.74) is 2.28. The van der Waals surface area contributed by atoms with Crippen LogP contribution in [0.3, 0.4) is 0 Å². The first-order valence-corrected chi connectivity index (χ1v) is 8.93. The molecule has 1 aliphatic heterocycles. The molecule has 3 rings (SSSR count). The van der Waals surface area contributed by atoms with Gasteiger partial charge in [0.1, 0.15) is 5.69 Å². The van der Waals surface area contributed by atoms with E-state index < -0.39 is 0 Å². The Morgan fingerprint density at radius 1 is 1.52 bits per heavy atom. The Morgan fingerprint density at radius 3 is 3.22 bits per heavy atom. The second kappa shape index (κ2) is 7.72. The van der Waals surface area contributed by atoms with E-state index in [4.69, 9.17) is 0 Å². The Bertz CT molecular complexity index is 626. The maximum atomic E-state index is 12.2. The van der Waals surface area contributed by atoms with Crippen LogP contribution in [-0.4, -0.2) is 58.4 Å². The fourth-order valence-corrected chi connectivity index (χ4v) is 3.62. The molecule has 0 bridgehead atoms. The van der Waals surface area contributed by atoms with E-state index in [2.05, 4.69) is 20.4 Å². The van der Waals surface area contributed by atoms with E-state index in [0.717, 1.165) is 37.2 Å². The molecule has 0 aromatic carbocycles. The van der Waals surface area contributed by atoms with Gasteiger partial charge >= 0.3 is 0 Å². The van der Waals surface area contributed by atoms with Crippen LogP contribution in [0.2, 0.25) is 0 Å². The molecule has 1 aliphatic rings. The van der Waals surface area contributed by atoms with Crippen LogP contribution in [-0.2, 0) is 0 Å².